The van der Waals surface area contributed by atoms with Crippen molar-refractivity contribution in [3.63, 3.8) is 0 Å². The lowest BCUT2D eigenvalue weighted by molar-refractivity contribution is 0.284. The third-order valence-electron chi connectivity index (χ3n) is 4.30. The molecule has 0 saturated carbocycles. The topological polar surface area (TPSA) is 47.1 Å². The lowest BCUT2D eigenvalue weighted by Crippen LogP contribution is -1.99. The van der Waals surface area contributed by atoms with Crippen molar-refractivity contribution in [1.29, 1.82) is 0 Å². The summed E-state index contributed by atoms with van der Waals surface area (Å²) in [7, 11) is 1.60. The molecule has 0 aliphatic rings. The fourth-order valence-electron chi connectivity index (χ4n) is 2.86. The fraction of sp³-hybridized carbons (Fsp3) is 0.0952. The molecule has 0 bridgehead atoms. The summed E-state index contributed by atoms with van der Waals surface area (Å²) in [6, 6.07) is 17.0. The number of nitrogens with one attached hydrogen (secondary N) is 1. The van der Waals surface area contributed by atoms with E-state index in [2.05, 4.69) is 25.9 Å². The van der Waals surface area contributed by atoms with Gasteiger partial charge in [0.2, 0.25) is 0 Å². The number of hydrogen-bond acceptors (Lipinski definition) is 3. The average molecular weight is 478 g/mol. The molecule has 7 heteroatoms. The van der Waals surface area contributed by atoms with Crippen molar-refractivity contribution in [3.05, 3.63) is 74.7 Å². The van der Waals surface area contributed by atoms with E-state index in [4.69, 9.17) is 32.7 Å². The lowest BCUT2D eigenvalue weighted by atomic mass is 10.2. The number of para-hydroxylation sites is 2. The molecule has 0 radical (unpaired) electrons. The van der Waals surface area contributed by atoms with E-state index in [1.165, 1.54) is 0 Å². The maximum atomic E-state index is 6.23. The smallest absolute Gasteiger partial charge is 0.162 e. The maximum Gasteiger partial charge on any atom is 0.162 e. The van der Waals surface area contributed by atoms with E-state index in [9.17, 15) is 0 Å². The minimum absolute atomic E-state index is 0.294. The van der Waals surface area contributed by atoms with Crippen molar-refractivity contribution in [2.24, 2.45) is 0 Å². The first-order valence-electron chi connectivity index (χ1n) is 8.44. The summed E-state index contributed by atoms with van der Waals surface area (Å²) >= 11 is 15.8. The third kappa shape index (κ3) is 3.83. The predicted molar refractivity (Wildman–Crippen MR) is 117 cm³/mol. The third-order valence-corrected chi connectivity index (χ3v) is 5.54. The zero-order valence-electron chi connectivity index (χ0n) is 14.8. The van der Waals surface area contributed by atoms with E-state index in [-0.39, 0.29) is 0 Å². The average Bonchev–Trinajstić information content (AvgIpc) is 3.11. The number of rotatable bonds is 5. The van der Waals surface area contributed by atoms with Crippen molar-refractivity contribution in [2.75, 3.05) is 7.11 Å². The van der Waals surface area contributed by atoms with Crippen LogP contribution < -0.4 is 9.47 Å². The molecule has 0 aliphatic carbocycles. The van der Waals surface area contributed by atoms with Gasteiger partial charge in [-0.25, -0.2) is 4.98 Å². The summed E-state index contributed by atoms with van der Waals surface area (Å²) in [6.07, 6.45) is 0. The standard InChI is InChI=1S/C21H15BrCl2N2O2/c1-27-19-9-14(21-25-17-4-2-3-5-18(17)26-21)15(22)10-20(19)28-11-12-6-7-13(23)8-16(12)24/h2-10H,11H2,1H3,(H,25,26). The van der Waals surface area contributed by atoms with Crippen LogP contribution in [-0.4, -0.2) is 17.1 Å². The van der Waals surface area contributed by atoms with Gasteiger partial charge in [-0.2, -0.15) is 0 Å². The van der Waals surface area contributed by atoms with E-state index in [1.807, 2.05) is 42.5 Å². The molecule has 0 atom stereocenters. The Morgan fingerprint density at radius 2 is 1.86 bits per heavy atom. The Morgan fingerprint density at radius 1 is 1.04 bits per heavy atom. The molecule has 3 aromatic carbocycles. The zero-order chi connectivity index (χ0) is 19.7. The van der Waals surface area contributed by atoms with Gasteiger partial charge in [-0.3, -0.25) is 0 Å². The summed E-state index contributed by atoms with van der Waals surface area (Å²) in [5, 5.41) is 1.15. The molecule has 0 amide bonds. The van der Waals surface area contributed by atoms with Gasteiger partial charge in [0.1, 0.15) is 12.4 Å². The fourth-order valence-corrected chi connectivity index (χ4v) is 3.84. The van der Waals surface area contributed by atoms with Crippen LogP contribution in [0.1, 0.15) is 5.56 Å². The first-order chi connectivity index (χ1) is 13.5. The number of methoxy groups -OCH3 is 1. The van der Waals surface area contributed by atoms with Crippen molar-refractivity contribution in [2.45, 2.75) is 6.61 Å². The van der Waals surface area contributed by atoms with Crippen LogP contribution in [-0.2, 0) is 6.61 Å². The minimum atomic E-state index is 0.294. The van der Waals surface area contributed by atoms with Crippen LogP contribution >= 0.6 is 39.1 Å². The number of H-pyrrole nitrogens is 1. The molecular formula is C21H15BrCl2N2O2. The monoisotopic (exact) mass is 476 g/mol. The van der Waals surface area contributed by atoms with Crippen LogP contribution in [0.5, 0.6) is 11.5 Å². The molecule has 0 spiro atoms. The Labute approximate surface area is 180 Å². The van der Waals surface area contributed by atoms with E-state index >= 15 is 0 Å². The number of imidazole rings is 1. The highest BCUT2D eigenvalue weighted by molar-refractivity contribution is 9.10. The molecule has 4 rings (SSSR count). The zero-order valence-corrected chi connectivity index (χ0v) is 17.9. The number of ether oxygens (including phenoxy) is 2. The van der Waals surface area contributed by atoms with Gasteiger partial charge in [0.15, 0.2) is 11.5 Å². The predicted octanol–water partition coefficient (Wildman–Crippen LogP) is 6.89. The van der Waals surface area contributed by atoms with E-state index < -0.39 is 0 Å². The Hall–Kier alpha value is -2.21. The molecule has 4 nitrogen and oxygen atoms in total. The van der Waals surface area contributed by atoms with E-state index in [0.29, 0.717) is 28.2 Å². The lowest BCUT2D eigenvalue weighted by Gasteiger charge is -2.14. The number of halogens is 3. The number of hydrogen-bond donors (Lipinski definition) is 1. The molecule has 0 fully saturated rings. The van der Waals surface area contributed by atoms with Crippen LogP contribution in [0.15, 0.2) is 59.1 Å². The summed E-state index contributed by atoms with van der Waals surface area (Å²) in [6.45, 7) is 0.294. The molecule has 0 unspecified atom stereocenters. The summed E-state index contributed by atoms with van der Waals surface area (Å²) in [5.41, 5.74) is 3.60. The van der Waals surface area contributed by atoms with Gasteiger partial charge in [-0.15, -0.1) is 0 Å². The van der Waals surface area contributed by atoms with Gasteiger partial charge in [-0.1, -0.05) is 41.4 Å². The minimum Gasteiger partial charge on any atom is -0.493 e. The van der Waals surface area contributed by atoms with Gasteiger partial charge >= 0.3 is 0 Å². The van der Waals surface area contributed by atoms with Gasteiger partial charge in [-0.05, 0) is 52.3 Å². The molecule has 0 saturated heterocycles. The molecule has 142 valence electrons. The molecular weight excluding hydrogens is 463 g/mol. The molecule has 1 N–H and O–H groups in total. The number of fused-ring (bicyclic) bond motifs is 1. The van der Waals surface area contributed by atoms with Gasteiger partial charge in [0, 0.05) is 25.6 Å². The number of aromatic amines is 1. The van der Waals surface area contributed by atoms with Crippen LogP contribution in [0.25, 0.3) is 22.4 Å². The number of aromatic nitrogens is 2. The first-order valence-corrected chi connectivity index (χ1v) is 9.99. The number of benzene rings is 3. The molecule has 28 heavy (non-hydrogen) atoms. The summed E-state index contributed by atoms with van der Waals surface area (Å²) < 4.78 is 12.3. The highest BCUT2D eigenvalue weighted by Crippen LogP contribution is 2.39. The maximum absolute atomic E-state index is 6.23. The molecule has 1 heterocycles. The highest BCUT2D eigenvalue weighted by Gasteiger charge is 2.15. The van der Waals surface area contributed by atoms with Crippen molar-refractivity contribution in [3.8, 4) is 22.9 Å². The van der Waals surface area contributed by atoms with E-state index in [0.717, 1.165) is 32.5 Å². The largest absolute Gasteiger partial charge is 0.493 e. The Bertz CT molecular complexity index is 1130. The molecule has 0 aliphatic heterocycles. The van der Waals surface area contributed by atoms with Crippen LogP contribution in [0, 0.1) is 0 Å². The first kappa shape index (κ1) is 19.1. The highest BCUT2D eigenvalue weighted by atomic mass is 79.9. The van der Waals surface area contributed by atoms with Crippen LogP contribution in [0.3, 0.4) is 0 Å². The van der Waals surface area contributed by atoms with Crippen molar-refractivity contribution < 1.29 is 9.47 Å². The van der Waals surface area contributed by atoms with Gasteiger partial charge in [0.05, 0.1) is 18.1 Å². The second-order valence-electron chi connectivity index (χ2n) is 6.11. The second-order valence-corrected chi connectivity index (χ2v) is 7.81. The van der Waals surface area contributed by atoms with Crippen molar-refractivity contribution >= 4 is 50.2 Å². The number of nitrogens with zero attached hydrogens (tertiary/aromatic N) is 1. The Kier molecular flexibility index (Phi) is 5.49. The SMILES string of the molecule is COc1cc(-c2nc3ccccc3[nH]2)c(Br)cc1OCc1ccc(Cl)cc1Cl. The van der Waals surface area contributed by atoms with Crippen LogP contribution in [0.4, 0.5) is 0 Å². The van der Waals surface area contributed by atoms with Gasteiger partial charge in [0.25, 0.3) is 0 Å². The van der Waals surface area contributed by atoms with Crippen molar-refractivity contribution in [1.82, 2.24) is 9.97 Å². The van der Waals surface area contributed by atoms with Crippen LogP contribution in [0.2, 0.25) is 10.0 Å². The Balaban J connectivity index is 1.65. The molecule has 4 aromatic rings. The van der Waals surface area contributed by atoms with E-state index in [1.54, 1.807) is 19.2 Å². The summed E-state index contributed by atoms with van der Waals surface area (Å²) in [5.74, 6) is 1.95. The quantitative estimate of drug-likeness (QED) is 0.340. The molecule has 1 aromatic heterocycles. The normalized spacial score (nSPS) is 11.0. The Morgan fingerprint density at radius 3 is 2.61 bits per heavy atom. The van der Waals surface area contributed by atoms with Gasteiger partial charge < -0.3 is 14.5 Å². The summed E-state index contributed by atoms with van der Waals surface area (Å²) in [4.78, 5) is 7.98. The second kappa shape index (κ2) is 8.03.